The second-order valence-corrected chi connectivity index (χ2v) is 8.22. The lowest BCUT2D eigenvalue weighted by molar-refractivity contribution is -0.138. The summed E-state index contributed by atoms with van der Waals surface area (Å²) in [5.41, 5.74) is -0.275. The summed E-state index contributed by atoms with van der Waals surface area (Å²) in [5.74, 6) is 1.75. The summed E-state index contributed by atoms with van der Waals surface area (Å²) in [5, 5.41) is 10.6. The highest BCUT2D eigenvalue weighted by Gasteiger charge is 2.43. The molecule has 0 radical (unpaired) electrons. The van der Waals surface area contributed by atoms with Crippen molar-refractivity contribution in [1.29, 1.82) is 0 Å². The van der Waals surface area contributed by atoms with Crippen LogP contribution in [0.25, 0.3) is 0 Å². The summed E-state index contributed by atoms with van der Waals surface area (Å²) in [6.07, 6.45) is -4.07. The Kier molecular flexibility index (Phi) is 5.93. The Morgan fingerprint density at radius 3 is 2.30 bits per heavy atom. The van der Waals surface area contributed by atoms with Crippen molar-refractivity contribution in [3.63, 3.8) is 0 Å². The van der Waals surface area contributed by atoms with Gasteiger partial charge in [0, 0.05) is 19.6 Å². The summed E-state index contributed by atoms with van der Waals surface area (Å²) < 4.78 is 51.3. The third-order valence-corrected chi connectivity index (χ3v) is 6.22. The van der Waals surface area contributed by atoms with E-state index >= 15 is 0 Å². The molecule has 1 heterocycles. The summed E-state index contributed by atoms with van der Waals surface area (Å²) in [6.45, 7) is 1.65. The van der Waals surface area contributed by atoms with Gasteiger partial charge in [0.25, 0.3) is 0 Å². The molecule has 4 nitrogen and oxygen atoms in total. The van der Waals surface area contributed by atoms with Crippen molar-refractivity contribution in [2.75, 3.05) is 20.2 Å². The molecule has 2 aromatic carbocycles. The molecule has 1 N–H and O–H groups in total. The zero-order valence-electron chi connectivity index (χ0n) is 16.8. The number of hydrogen-bond acceptors (Lipinski definition) is 4. The quantitative estimate of drug-likeness (QED) is 0.779. The first-order valence-corrected chi connectivity index (χ1v) is 10.2. The Balaban J connectivity index is 1.43. The van der Waals surface area contributed by atoms with E-state index in [1.807, 2.05) is 24.3 Å². The largest absolute Gasteiger partial charge is 0.493 e. The van der Waals surface area contributed by atoms with Crippen LogP contribution in [0.3, 0.4) is 0 Å². The minimum Gasteiger partial charge on any atom is -0.493 e. The van der Waals surface area contributed by atoms with Crippen molar-refractivity contribution in [3.8, 4) is 11.5 Å². The molecule has 1 aliphatic carbocycles. The first kappa shape index (κ1) is 21.0. The van der Waals surface area contributed by atoms with Crippen molar-refractivity contribution >= 4 is 0 Å². The number of likely N-dealkylation sites (tertiary alicyclic amines) is 1. The molecular weight excluding hydrogens is 395 g/mol. The number of ether oxygens (including phenoxy) is 2. The maximum absolute atomic E-state index is 13.3. The Labute approximate surface area is 174 Å². The van der Waals surface area contributed by atoms with Gasteiger partial charge in [-0.3, -0.25) is 4.90 Å². The number of nitrogens with zero attached hydrogens (tertiary/aromatic N) is 1. The van der Waals surface area contributed by atoms with E-state index < -0.39 is 17.8 Å². The van der Waals surface area contributed by atoms with Crippen LogP contribution in [0.2, 0.25) is 0 Å². The fraction of sp³-hybridized carbons (Fsp3) is 0.478. The molecule has 7 heteroatoms. The fourth-order valence-corrected chi connectivity index (χ4v) is 4.80. The summed E-state index contributed by atoms with van der Waals surface area (Å²) >= 11 is 0. The standard InChI is InChI=1S/C23H26F3NO3/c1-29-20-8-4-5-9-21(20)30-22-11-17-14-27(13-16(17)10-19(22)28)12-15-6-2-3-7-18(15)23(24,25)26/h2-9,16-17,19,22,28H,10-14H2,1H3/t16-,17+,19+,22+/m0/s1. The molecule has 4 atom stereocenters. The van der Waals surface area contributed by atoms with Crippen LogP contribution in [0.1, 0.15) is 24.0 Å². The van der Waals surface area contributed by atoms with Gasteiger partial charge in [-0.2, -0.15) is 13.2 Å². The van der Waals surface area contributed by atoms with E-state index in [9.17, 15) is 18.3 Å². The molecule has 4 rings (SSSR count). The minimum atomic E-state index is -4.35. The normalized spacial score (nSPS) is 27.0. The van der Waals surface area contributed by atoms with E-state index in [0.29, 0.717) is 43.0 Å². The molecule has 1 saturated heterocycles. The number of halogens is 3. The molecule has 162 valence electrons. The van der Waals surface area contributed by atoms with Crippen molar-refractivity contribution in [2.45, 2.75) is 37.8 Å². The lowest BCUT2D eigenvalue weighted by Gasteiger charge is -2.35. The zero-order chi connectivity index (χ0) is 21.3. The second-order valence-electron chi connectivity index (χ2n) is 8.22. The molecule has 30 heavy (non-hydrogen) atoms. The number of alkyl halides is 3. The van der Waals surface area contributed by atoms with Gasteiger partial charge in [0.1, 0.15) is 6.10 Å². The van der Waals surface area contributed by atoms with Gasteiger partial charge in [-0.15, -0.1) is 0 Å². The van der Waals surface area contributed by atoms with Crippen molar-refractivity contribution < 1.29 is 27.8 Å². The van der Waals surface area contributed by atoms with Gasteiger partial charge in [-0.1, -0.05) is 30.3 Å². The number of rotatable bonds is 5. The van der Waals surface area contributed by atoms with Gasteiger partial charge in [-0.05, 0) is 48.4 Å². The Hall–Kier alpha value is -2.25. The fourth-order valence-electron chi connectivity index (χ4n) is 4.80. The second kappa shape index (κ2) is 8.47. The van der Waals surface area contributed by atoms with Crippen molar-refractivity contribution in [1.82, 2.24) is 4.90 Å². The van der Waals surface area contributed by atoms with E-state index in [0.717, 1.165) is 6.07 Å². The van der Waals surface area contributed by atoms with Crippen molar-refractivity contribution in [3.05, 3.63) is 59.7 Å². The van der Waals surface area contributed by atoms with Crippen LogP contribution in [0.4, 0.5) is 13.2 Å². The molecule has 1 aliphatic heterocycles. The summed E-state index contributed by atoms with van der Waals surface area (Å²) in [6, 6.07) is 13.1. The van der Waals surface area contributed by atoms with Gasteiger partial charge in [0.15, 0.2) is 11.5 Å². The number of methoxy groups -OCH3 is 1. The lowest BCUT2D eigenvalue weighted by atomic mass is 9.78. The predicted octanol–water partition coefficient (Wildman–Crippen LogP) is 4.36. The van der Waals surface area contributed by atoms with E-state index in [2.05, 4.69) is 4.90 Å². The summed E-state index contributed by atoms with van der Waals surface area (Å²) in [7, 11) is 1.57. The van der Waals surface area contributed by atoms with Crippen LogP contribution in [0.15, 0.2) is 48.5 Å². The molecule has 2 aromatic rings. The SMILES string of the molecule is COc1ccccc1O[C@@H]1C[C@@H]2CN(Cc3ccccc3C(F)(F)F)C[C@@H]2C[C@H]1O. The van der Waals surface area contributed by atoms with Gasteiger partial charge in [0.05, 0.1) is 18.8 Å². The molecule has 0 spiro atoms. The van der Waals surface area contributed by atoms with Crippen LogP contribution < -0.4 is 9.47 Å². The summed E-state index contributed by atoms with van der Waals surface area (Å²) in [4.78, 5) is 2.07. The number of hydrogen-bond donors (Lipinski definition) is 1. The van der Waals surface area contributed by atoms with Gasteiger partial charge in [-0.25, -0.2) is 0 Å². The van der Waals surface area contributed by atoms with E-state index in [-0.39, 0.29) is 24.5 Å². The molecule has 0 bridgehead atoms. The monoisotopic (exact) mass is 421 g/mol. The van der Waals surface area contributed by atoms with E-state index in [1.165, 1.54) is 6.07 Å². The van der Waals surface area contributed by atoms with E-state index in [4.69, 9.17) is 9.47 Å². The lowest BCUT2D eigenvalue weighted by Crippen LogP contribution is -2.42. The Morgan fingerprint density at radius 1 is 0.967 bits per heavy atom. The third-order valence-electron chi connectivity index (χ3n) is 6.22. The average Bonchev–Trinajstić information content (AvgIpc) is 3.09. The van der Waals surface area contributed by atoms with Gasteiger partial charge < -0.3 is 14.6 Å². The Morgan fingerprint density at radius 2 is 1.60 bits per heavy atom. The molecule has 1 saturated carbocycles. The highest BCUT2D eigenvalue weighted by molar-refractivity contribution is 5.39. The Bertz CT molecular complexity index is 873. The smallest absolute Gasteiger partial charge is 0.416 e. The topological polar surface area (TPSA) is 41.9 Å². The maximum atomic E-state index is 13.3. The third kappa shape index (κ3) is 4.42. The molecule has 0 unspecified atom stereocenters. The molecule has 2 aliphatic rings. The van der Waals surface area contributed by atoms with Crippen LogP contribution in [-0.2, 0) is 12.7 Å². The maximum Gasteiger partial charge on any atom is 0.416 e. The number of fused-ring (bicyclic) bond motifs is 1. The molecular formula is C23H26F3NO3. The number of benzene rings is 2. The van der Waals surface area contributed by atoms with Crippen molar-refractivity contribution in [2.24, 2.45) is 11.8 Å². The first-order chi connectivity index (χ1) is 14.3. The highest BCUT2D eigenvalue weighted by atomic mass is 19.4. The van der Waals surface area contributed by atoms with Crippen LogP contribution in [0, 0.1) is 11.8 Å². The predicted molar refractivity (Wildman–Crippen MR) is 106 cm³/mol. The number of aliphatic hydroxyl groups is 1. The van der Waals surface area contributed by atoms with Crippen LogP contribution in [0.5, 0.6) is 11.5 Å². The molecule has 2 fully saturated rings. The highest BCUT2D eigenvalue weighted by Crippen LogP contribution is 2.40. The van der Waals surface area contributed by atoms with Crippen LogP contribution >= 0.6 is 0 Å². The first-order valence-electron chi connectivity index (χ1n) is 10.2. The zero-order valence-corrected chi connectivity index (χ0v) is 16.8. The number of aliphatic hydroxyl groups excluding tert-OH is 1. The van der Waals surface area contributed by atoms with Gasteiger partial charge in [0.2, 0.25) is 0 Å². The number of para-hydroxylation sites is 2. The van der Waals surface area contributed by atoms with E-state index in [1.54, 1.807) is 19.2 Å². The van der Waals surface area contributed by atoms with Crippen LogP contribution in [-0.4, -0.2) is 42.4 Å². The average molecular weight is 421 g/mol. The molecule has 0 aromatic heterocycles. The minimum absolute atomic E-state index is 0.260. The van der Waals surface area contributed by atoms with Gasteiger partial charge >= 0.3 is 6.18 Å². The molecule has 0 amide bonds.